The second-order valence-corrected chi connectivity index (χ2v) is 13.3. The first-order chi connectivity index (χ1) is 25.3. The maximum atomic E-state index is 6.87. The third-order valence-corrected chi connectivity index (χ3v) is 10.4. The summed E-state index contributed by atoms with van der Waals surface area (Å²) < 4.78 is 13.1. The molecule has 0 spiro atoms. The number of rotatable bonds is 4. The standard InChI is InChI=1S/C48H29NO2/c1-3-10-37-31(8-1)16-17-34-28-33(21-25-38(34)37)30-18-22-35(23-19-30)49(36-24-27-46-43(29-36)40-12-5-6-15-45(40)50-46)44-14-7-13-41-42-26-20-32-9-2-4-11-39(32)47(42)51-48(41)44/h1-29H. The van der Waals surface area contributed by atoms with Gasteiger partial charge in [-0.15, -0.1) is 0 Å². The minimum absolute atomic E-state index is 0.854. The number of benzene rings is 9. The zero-order valence-electron chi connectivity index (χ0n) is 27.5. The van der Waals surface area contributed by atoms with Crippen molar-refractivity contribution in [2.45, 2.75) is 0 Å². The highest BCUT2D eigenvalue weighted by Gasteiger charge is 2.21. The van der Waals surface area contributed by atoms with Gasteiger partial charge in [0.05, 0.1) is 5.69 Å². The molecule has 9 aromatic carbocycles. The van der Waals surface area contributed by atoms with Gasteiger partial charge in [0.1, 0.15) is 16.7 Å². The first kappa shape index (κ1) is 28.0. The van der Waals surface area contributed by atoms with Crippen LogP contribution in [-0.4, -0.2) is 0 Å². The Morgan fingerprint density at radius 1 is 0.314 bits per heavy atom. The molecule has 51 heavy (non-hydrogen) atoms. The molecule has 0 amide bonds. The molecule has 0 saturated carbocycles. The first-order valence-electron chi connectivity index (χ1n) is 17.3. The fourth-order valence-corrected chi connectivity index (χ4v) is 7.96. The largest absolute Gasteiger partial charge is 0.456 e. The van der Waals surface area contributed by atoms with Crippen molar-refractivity contribution in [3.8, 4) is 11.1 Å². The van der Waals surface area contributed by atoms with Gasteiger partial charge < -0.3 is 13.7 Å². The molecule has 0 aliphatic heterocycles. The van der Waals surface area contributed by atoms with Crippen LogP contribution in [0.5, 0.6) is 0 Å². The van der Waals surface area contributed by atoms with Gasteiger partial charge in [0, 0.05) is 38.3 Å². The Labute approximate surface area is 293 Å². The Morgan fingerprint density at radius 2 is 0.922 bits per heavy atom. The van der Waals surface area contributed by atoms with Gasteiger partial charge >= 0.3 is 0 Å². The molecule has 3 heteroatoms. The van der Waals surface area contributed by atoms with E-state index in [1.54, 1.807) is 0 Å². The lowest BCUT2D eigenvalue weighted by Crippen LogP contribution is -2.10. The molecule has 0 N–H and O–H groups in total. The summed E-state index contributed by atoms with van der Waals surface area (Å²) >= 11 is 0. The van der Waals surface area contributed by atoms with Crippen LogP contribution in [0.15, 0.2) is 185 Å². The summed E-state index contributed by atoms with van der Waals surface area (Å²) in [6.07, 6.45) is 0. The molecule has 2 heterocycles. The molecule has 0 saturated heterocycles. The Hall–Kier alpha value is -6.84. The first-order valence-corrected chi connectivity index (χ1v) is 17.3. The van der Waals surface area contributed by atoms with Gasteiger partial charge in [0.15, 0.2) is 5.58 Å². The number of hydrogen-bond acceptors (Lipinski definition) is 3. The van der Waals surface area contributed by atoms with Crippen LogP contribution in [0.25, 0.3) is 87.3 Å². The van der Waals surface area contributed by atoms with Crippen molar-refractivity contribution in [1.82, 2.24) is 0 Å². The van der Waals surface area contributed by atoms with Crippen molar-refractivity contribution in [2.75, 3.05) is 4.90 Å². The van der Waals surface area contributed by atoms with Crippen LogP contribution >= 0.6 is 0 Å². The second kappa shape index (κ2) is 10.8. The topological polar surface area (TPSA) is 29.5 Å². The van der Waals surface area contributed by atoms with Crippen LogP contribution in [0.1, 0.15) is 0 Å². The number of furan rings is 2. The lowest BCUT2D eigenvalue weighted by Gasteiger charge is -2.26. The van der Waals surface area contributed by atoms with E-state index >= 15 is 0 Å². The normalized spacial score (nSPS) is 11.9. The van der Waals surface area contributed by atoms with Crippen molar-refractivity contribution < 1.29 is 8.83 Å². The molecule has 0 unspecified atom stereocenters. The minimum Gasteiger partial charge on any atom is -0.456 e. The summed E-state index contributed by atoms with van der Waals surface area (Å²) in [5.74, 6) is 0. The van der Waals surface area contributed by atoms with Gasteiger partial charge in [-0.1, -0.05) is 121 Å². The van der Waals surface area contributed by atoms with Gasteiger partial charge in [-0.25, -0.2) is 0 Å². The highest BCUT2D eigenvalue weighted by Crippen LogP contribution is 2.45. The van der Waals surface area contributed by atoms with Crippen molar-refractivity contribution in [3.05, 3.63) is 176 Å². The third-order valence-electron chi connectivity index (χ3n) is 10.4. The Kier molecular flexibility index (Phi) is 5.96. The molecule has 238 valence electrons. The fraction of sp³-hybridized carbons (Fsp3) is 0. The average molecular weight is 652 g/mol. The molecule has 0 aliphatic rings. The predicted octanol–water partition coefficient (Wildman–Crippen LogP) is 14.1. The molecule has 3 nitrogen and oxygen atoms in total. The maximum Gasteiger partial charge on any atom is 0.159 e. The molecule has 11 rings (SSSR count). The molecular weight excluding hydrogens is 623 g/mol. The highest BCUT2D eigenvalue weighted by molar-refractivity contribution is 6.18. The fourth-order valence-electron chi connectivity index (χ4n) is 7.96. The molecule has 11 aromatic rings. The van der Waals surface area contributed by atoms with E-state index in [0.29, 0.717) is 0 Å². The quantitative estimate of drug-likeness (QED) is 0.177. The minimum atomic E-state index is 0.854. The monoisotopic (exact) mass is 651 g/mol. The molecule has 0 atom stereocenters. The number of para-hydroxylation sites is 2. The van der Waals surface area contributed by atoms with Gasteiger partial charge in [-0.3, -0.25) is 0 Å². The van der Waals surface area contributed by atoms with E-state index in [9.17, 15) is 0 Å². The van der Waals surface area contributed by atoms with Crippen molar-refractivity contribution in [3.63, 3.8) is 0 Å². The van der Waals surface area contributed by atoms with Crippen LogP contribution in [0, 0.1) is 0 Å². The zero-order valence-corrected chi connectivity index (χ0v) is 27.5. The van der Waals surface area contributed by atoms with E-state index in [-0.39, 0.29) is 0 Å². The van der Waals surface area contributed by atoms with Crippen molar-refractivity contribution in [2.24, 2.45) is 0 Å². The predicted molar refractivity (Wildman–Crippen MR) is 214 cm³/mol. The molecule has 0 radical (unpaired) electrons. The smallest absolute Gasteiger partial charge is 0.159 e. The van der Waals surface area contributed by atoms with Crippen LogP contribution in [0.3, 0.4) is 0 Å². The van der Waals surface area contributed by atoms with E-state index in [1.807, 2.05) is 12.1 Å². The Balaban J connectivity index is 1.10. The highest BCUT2D eigenvalue weighted by atomic mass is 16.3. The number of anilines is 3. The molecule has 0 fully saturated rings. The van der Waals surface area contributed by atoms with Crippen LogP contribution in [0.4, 0.5) is 17.1 Å². The van der Waals surface area contributed by atoms with Crippen LogP contribution < -0.4 is 4.90 Å². The van der Waals surface area contributed by atoms with Crippen molar-refractivity contribution in [1.29, 1.82) is 0 Å². The van der Waals surface area contributed by atoms with Crippen LogP contribution in [-0.2, 0) is 0 Å². The average Bonchev–Trinajstić information content (AvgIpc) is 3.77. The third kappa shape index (κ3) is 4.32. The molecule has 2 aromatic heterocycles. The van der Waals surface area contributed by atoms with Crippen molar-refractivity contribution >= 4 is 93.3 Å². The number of nitrogens with zero attached hydrogens (tertiary/aromatic N) is 1. The summed E-state index contributed by atoms with van der Waals surface area (Å²) in [5, 5.41) is 11.7. The summed E-state index contributed by atoms with van der Waals surface area (Å²) in [7, 11) is 0. The summed E-state index contributed by atoms with van der Waals surface area (Å²) in [6.45, 7) is 0. The number of hydrogen-bond donors (Lipinski definition) is 0. The van der Waals surface area contributed by atoms with Gasteiger partial charge in [-0.05, 0) is 92.7 Å². The van der Waals surface area contributed by atoms with Crippen LogP contribution in [0.2, 0.25) is 0 Å². The van der Waals surface area contributed by atoms with E-state index < -0.39 is 0 Å². The number of fused-ring (bicyclic) bond motifs is 11. The summed E-state index contributed by atoms with van der Waals surface area (Å²) in [6, 6.07) is 62.6. The van der Waals surface area contributed by atoms with E-state index in [2.05, 4.69) is 169 Å². The SMILES string of the molecule is c1ccc2c(c1)ccc1cc(-c3ccc(N(c4ccc5oc6ccccc6c5c4)c4cccc5c4oc4c6ccccc6ccc54)cc3)ccc12. The summed E-state index contributed by atoms with van der Waals surface area (Å²) in [4.78, 5) is 2.31. The summed E-state index contributed by atoms with van der Waals surface area (Å²) in [5.41, 5.74) is 8.91. The second-order valence-electron chi connectivity index (χ2n) is 13.3. The molecule has 0 aliphatic carbocycles. The Bertz CT molecular complexity index is 3150. The van der Waals surface area contributed by atoms with Gasteiger partial charge in [0.2, 0.25) is 0 Å². The van der Waals surface area contributed by atoms with Gasteiger partial charge in [0.25, 0.3) is 0 Å². The van der Waals surface area contributed by atoms with E-state index in [0.717, 1.165) is 71.7 Å². The zero-order chi connectivity index (χ0) is 33.5. The van der Waals surface area contributed by atoms with E-state index in [4.69, 9.17) is 8.83 Å². The Morgan fingerprint density at radius 3 is 1.80 bits per heavy atom. The molecule has 0 bridgehead atoms. The van der Waals surface area contributed by atoms with Gasteiger partial charge in [-0.2, -0.15) is 0 Å². The lowest BCUT2D eigenvalue weighted by atomic mass is 9.97. The van der Waals surface area contributed by atoms with E-state index in [1.165, 1.54) is 32.7 Å². The maximum absolute atomic E-state index is 6.87. The molecular formula is C48H29NO2. The lowest BCUT2D eigenvalue weighted by molar-refractivity contribution is 0.669.